The number of allylic oxidation sites excluding steroid dienone is 2. The molecule has 3 unspecified atom stereocenters. The summed E-state index contributed by atoms with van der Waals surface area (Å²) in [4.78, 5) is -0.884. The molecule has 0 aromatic heterocycles. The molecule has 0 nitrogen and oxygen atoms in total. The van der Waals surface area contributed by atoms with E-state index in [0.29, 0.717) is 0 Å². The van der Waals surface area contributed by atoms with Crippen LogP contribution in [0.4, 0.5) is 43.9 Å². The zero-order valence-corrected chi connectivity index (χ0v) is 23.7. The van der Waals surface area contributed by atoms with Gasteiger partial charge in [-0.05, 0) is 46.9 Å². The second kappa shape index (κ2) is 10.7. The molecule has 0 heterocycles. The quantitative estimate of drug-likeness (QED) is 0.180. The van der Waals surface area contributed by atoms with Gasteiger partial charge in [0.25, 0.3) is 0 Å². The average Bonchev–Trinajstić information content (AvgIpc) is 2.84. The van der Waals surface area contributed by atoms with Crippen LogP contribution in [0.25, 0.3) is 0 Å². The predicted molar refractivity (Wildman–Crippen MR) is 139 cm³/mol. The van der Waals surface area contributed by atoms with Crippen molar-refractivity contribution in [3.63, 3.8) is 0 Å². The van der Waals surface area contributed by atoms with Gasteiger partial charge in [-0.3, -0.25) is 0 Å². The van der Waals surface area contributed by atoms with Crippen molar-refractivity contribution in [1.82, 2.24) is 0 Å². The lowest BCUT2D eigenvalue weighted by Crippen LogP contribution is -2.50. The maximum absolute atomic E-state index is 15.3. The number of rotatable bonds is 6. The van der Waals surface area contributed by atoms with Gasteiger partial charge in [-0.2, -0.15) is 30.7 Å². The maximum Gasteiger partial charge on any atom is 0.460 e. The predicted octanol–water partition coefficient (Wildman–Crippen LogP) is 10.6. The van der Waals surface area contributed by atoms with Crippen LogP contribution in [0.2, 0.25) is 0 Å². The van der Waals surface area contributed by atoms with E-state index in [9.17, 15) is 30.7 Å². The van der Waals surface area contributed by atoms with Crippen molar-refractivity contribution in [2.75, 3.05) is 0 Å². The molecule has 4 rings (SSSR count). The first-order valence-corrected chi connectivity index (χ1v) is 13.7. The fraction of sp³-hybridized carbons (Fsp3) is 0.259. The lowest BCUT2D eigenvalue weighted by molar-refractivity contribution is -0.330. The Bertz CT molecular complexity index is 1440. The molecule has 214 valence electrons. The number of halogens is 12. The molecule has 0 spiro atoms. The van der Waals surface area contributed by atoms with E-state index in [2.05, 4.69) is 31.9 Å². The third kappa shape index (κ3) is 5.33. The molecule has 1 aliphatic rings. The van der Waals surface area contributed by atoms with Crippen molar-refractivity contribution in [3.8, 4) is 0 Å². The maximum atomic E-state index is 15.3. The van der Waals surface area contributed by atoms with Crippen molar-refractivity contribution in [1.29, 1.82) is 0 Å². The largest absolute Gasteiger partial charge is 0.460 e. The van der Waals surface area contributed by atoms with Crippen LogP contribution in [-0.4, -0.2) is 17.4 Å². The first kappa shape index (κ1) is 31.0. The normalized spacial score (nSPS) is 24.1. The molecular formula is C27H16Br2F10S. The molecule has 0 N–H and O–H groups in total. The van der Waals surface area contributed by atoms with Crippen molar-refractivity contribution >= 4 is 43.6 Å². The molecule has 0 radical (unpaired) electrons. The fourth-order valence-electron chi connectivity index (χ4n) is 4.66. The molecule has 13 heteroatoms. The highest BCUT2D eigenvalue weighted by Gasteiger charge is 2.74. The van der Waals surface area contributed by atoms with E-state index >= 15 is 13.2 Å². The third-order valence-corrected chi connectivity index (χ3v) is 9.66. The lowest BCUT2D eigenvalue weighted by atomic mass is 9.70. The standard InChI is InChI=1S/C27H16Br2F10S/c28-23(16-8-2-5-11-19(16)31)13-21(40-27(38,39)25(33,34)26(35,36)37)22(15-7-1-4-10-18(15)30)24(29,14-23)17-9-3-6-12-20(17)32/h1-13,22H,14H2. The van der Waals surface area contributed by atoms with Gasteiger partial charge in [0.2, 0.25) is 0 Å². The van der Waals surface area contributed by atoms with E-state index in [1.165, 1.54) is 48.5 Å². The summed E-state index contributed by atoms with van der Waals surface area (Å²) in [6, 6.07) is 14.5. The summed E-state index contributed by atoms with van der Waals surface area (Å²) in [6.45, 7) is 0. The molecule has 3 aromatic rings. The van der Waals surface area contributed by atoms with Crippen LogP contribution in [0.5, 0.6) is 0 Å². The summed E-state index contributed by atoms with van der Waals surface area (Å²) in [5.41, 5.74) is -0.845. The summed E-state index contributed by atoms with van der Waals surface area (Å²) in [6.07, 6.45) is -6.19. The molecule has 0 saturated carbocycles. The second-order valence-electron chi connectivity index (χ2n) is 9.05. The molecule has 40 heavy (non-hydrogen) atoms. The third-order valence-electron chi connectivity index (χ3n) is 6.45. The van der Waals surface area contributed by atoms with Crippen LogP contribution in [0.15, 0.2) is 83.8 Å². The molecule has 0 saturated heterocycles. The van der Waals surface area contributed by atoms with Gasteiger partial charge in [0, 0.05) is 17.0 Å². The van der Waals surface area contributed by atoms with Gasteiger partial charge in [0.1, 0.15) is 17.5 Å². The molecule has 0 fully saturated rings. The minimum Gasteiger partial charge on any atom is -0.207 e. The van der Waals surface area contributed by atoms with E-state index in [1.807, 2.05) is 0 Å². The summed E-state index contributed by atoms with van der Waals surface area (Å²) in [5, 5.41) is -5.80. The first-order chi connectivity index (χ1) is 18.4. The lowest BCUT2D eigenvalue weighted by Gasteiger charge is -2.47. The first-order valence-electron chi connectivity index (χ1n) is 11.3. The smallest absolute Gasteiger partial charge is 0.207 e. The Hall–Kier alpha value is -1.99. The van der Waals surface area contributed by atoms with Crippen LogP contribution in [0.1, 0.15) is 29.0 Å². The monoisotopic (exact) mass is 720 g/mol. The Morgan fingerprint density at radius 1 is 0.675 bits per heavy atom. The zero-order chi connectivity index (χ0) is 29.7. The highest BCUT2D eigenvalue weighted by Crippen LogP contribution is 2.66. The van der Waals surface area contributed by atoms with Gasteiger partial charge in [-0.1, -0.05) is 92.5 Å². The molecule has 3 atom stereocenters. The number of hydrogen-bond acceptors (Lipinski definition) is 1. The second-order valence-corrected chi connectivity index (χ2v) is 13.1. The number of benzene rings is 3. The van der Waals surface area contributed by atoms with Crippen molar-refractivity contribution < 1.29 is 43.9 Å². The Balaban J connectivity index is 2.07. The van der Waals surface area contributed by atoms with E-state index in [-0.39, 0.29) is 11.1 Å². The minimum atomic E-state index is -6.64. The van der Waals surface area contributed by atoms with E-state index in [1.54, 1.807) is 0 Å². The van der Waals surface area contributed by atoms with Crippen LogP contribution in [-0.2, 0) is 8.65 Å². The summed E-state index contributed by atoms with van der Waals surface area (Å²) < 4.78 is 139. The topological polar surface area (TPSA) is 0 Å². The summed E-state index contributed by atoms with van der Waals surface area (Å²) >= 11 is 5.50. The van der Waals surface area contributed by atoms with Crippen molar-refractivity contribution in [2.45, 2.75) is 38.3 Å². The van der Waals surface area contributed by atoms with Gasteiger partial charge in [0.15, 0.2) is 0 Å². The number of thioether (sulfide) groups is 1. The highest BCUT2D eigenvalue weighted by molar-refractivity contribution is 9.10. The Morgan fingerprint density at radius 3 is 1.65 bits per heavy atom. The van der Waals surface area contributed by atoms with Gasteiger partial charge in [0.05, 0.1) is 8.65 Å². The SMILES string of the molecule is Fc1ccccc1C1C(SC(F)(F)C(F)(F)C(F)(F)F)=CC(Br)(c2ccccc2F)CC1(Br)c1ccccc1F. The number of hydrogen-bond donors (Lipinski definition) is 0. The van der Waals surface area contributed by atoms with Crippen molar-refractivity contribution in [3.05, 3.63) is 118 Å². The molecular weight excluding hydrogens is 706 g/mol. The molecule has 0 amide bonds. The zero-order valence-electron chi connectivity index (χ0n) is 19.7. The van der Waals surface area contributed by atoms with Crippen LogP contribution in [0, 0.1) is 17.5 Å². The average molecular weight is 722 g/mol. The van der Waals surface area contributed by atoms with Crippen LogP contribution >= 0.6 is 43.6 Å². The molecule has 0 bridgehead atoms. The van der Waals surface area contributed by atoms with Gasteiger partial charge in [-0.15, -0.1) is 0 Å². The Labute approximate surface area is 243 Å². The minimum absolute atomic E-state index is 0.203. The van der Waals surface area contributed by atoms with Gasteiger partial charge in [-0.25, -0.2) is 13.2 Å². The van der Waals surface area contributed by atoms with Crippen LogP contribution < -0.4 is 0 Å². The van der Waals surface area contributed by atoms with E-state index in [0.717, 1.165) is 30.3 Å². The van der Waals surface area contributed by atoms with Crippen molar-refractivity contribution in [2.24, 2.45) is 0 Å². The van der Waals surface area contributed by atoms with Crippen LogP contribution in [0.3, 0.4) is 0 Å². The highest BCUT2D eigenvalue weighted by atomic mass is 79.9. The van der Waals surface area contributed by atoms with E-state index in [4.69, 9.17) is 0 Å². The summed E-state index contributed by atoms with van der Waals surface area (Å²) in [5.74, 6) is -11.1. The van der Waals surface area contributed by atoms with Gasteiger partial charge >= 0.3 is 17.4 Å². The Morgan fingerprint density at radius 2 is 1.15 bits per heavy atom. The Kier molecular flexibility index (Phi) is 8.27. The fourth-order valence-corrected chi connectivity index (χ4v) is 8.85. The molecule has 1 aliphatic carbocycles. The van der Waals surface area contributed by atoms with E-state index < -0.39 is 78.0 Å². The molecule has 0 aliphatic heterocycles. The van der Waals surface area contributed by atoms with Gasteiger partial charge < -0.3 is 0 Å². The number of alkyl halides is 9. The molecule has 3 aromatic carbocycles. The summed E-state index contributed by atoms with van der Waals surface area (Å²) in [7, 11) is 0.